The van der Waals surface area contributed by atoms with Gasteiger partial charge in [-0.1, -0.05) is 267 Å². The Bertz CT molecular complexity index is 2230. The molecule has 0 aromatic heterocycles. The highest BCUT2D eigenvalue weighted by Crippen LogP contribution is 2.45. The Hall–Kier alpha value is -3.76. The molecule has 0 spiro atoms. The molecule has 580 valence electrons. The fraction of sp³-hybridized carbons (Fsp3) is 0.778. The molecule has 17 nitrogen and oxygen atoms in total. The lowest BCUT2D eigenvalue weighted by Gasteiger charge is -2.21. The number of aliphatic hydroxyl groups is 1. The Morgan fingerprint density at radius 3 is 0.830 bits per heavy atom. The lowest BCUT2D eigenvalue weighted by atomic mass is 10.1. The highest BCUT2D eigenvalue weighted by atomic mass is 31.2. The number of aliphatic hydroxyl groups excluding tert-OH is 1. The number of unbranched alkanes of at least 4 members (excludes halogenated alkanes) is 35. The number of allylic oxidation sites excluding steroid dienone is 14. The maximum atomic E-state index is 13.1. The van der Waals surface area contributed by atoms with E-state index in [0.717, 1.165) is 141 Å². The van der Waals surface area contributed by atoms with Gasteiger partial charge in [-0.3, -0.25) is 37.3 Å². The molecule has 0 saturated heterocycles. The Labute approximate surface area is 608 Å². The summed E-state index contributed by atoms with van der Waals surface area (Å²) in [5.74, 6) is -2.24. The zero-order valence-corrected chi connectivity index (χ0v) is 65.2. The normalized spacial score (nSPS) is 14.3. The minimum atomic E-state index is -4.99. The zero-order chi connectivity index (χ0) is 73.2. The Morgan fingerprint density at radius 1 is 0.280 bits per heavy atom. The minimum absolute atomic E-state index is 0.0190. The average molecular weight is 1450 g/mol. The molecule has 0 fully saturated rings. The van der Waals surface area contributed by atoms with Gasteiger partial charge in [-0.2, -0.15) is 0 Å². The van der Waals surface area contributed by atoms with Crippen LogP contribution in [-0.4, -0.2) is 96.7 Å². The third kappa shape index (κ3) is 72.6. The van der Waals surface area contributed by atoms with Gasteiger partial charge >= 0.3 is 39.5 Å². The molecule has 0 aliphatic rings. The van der Waals surface area contributed by atoms with E-state index < -0.39 is 97.5 Å². The van der Waals surface area contributed by atoms with Crippen molar-refractivity contribution >= 4 is 39.5 Å². The largest absolute Gasteiger partial charge is 0.472 e. The van der Waals surface area contributed by atoms with Crippen LogP contribution in [0.5, 0.6) is 0 Å². The van der Waals surface area contributed by atoms with Crippen LogP contribution >= 0.6 is 15.6 Å². The number of hydrogen-bond donors (Lipinski definition) is 3. The second-order valence-corrected chi connectivity index (χ2v) is 29.5. The van der Waals surface area contributed by atoms with Crippen LogP contribution in [0.3, 0.4) is 0 Å². The first kappa shape index (κ1) is 96.2. The van der Waals surface area contributed by atoms with Crippen molar-refractivity contribution in [3.8, 4) is 0 Å². The predicted molar refractivity (Wildman–Crippen MR) is 409 cm³/mol. The molecule has 0 radical (unpaired) electrons. The maximum Gasteiger partial charge on any atom is 0.472 e. The third-order valence-corrected chi connectivity index (χ3v) is 18.7. The van der Waals surface area contributed by atoms with E-state index in [9.17, 15) is 43.2 Å². The molecule has 100 heavy (non-hydrogen) atoms. The quantitative estimate of drug-likeness (QED) is 0.0169. The van der Waals surface area contributed by atoms with Gasteiger partial charge in [-0.15, -0.1) is 0 Å². The maximum absolute atomic E-state index is 13.1. The third-order valence-electron chi connectivity index (χ3n) is 16.8. The molecule has 0 aromatic carbocycles. The number of rotatable bonds is 75. The van der Waals surface area contributed by atoms with Gasteiger partial charge in [0, 0.05) is 25.7 Å². The first-order chi connectivity index (χ1) is 48.7. The van der Waals surface area contributed by atoms with Crippen LogP contribution in [-0.2, 0) is 65.4 Å². The van der Waals surface area contributed by atoms with E-state index in [4.69, 9.17) is 37.0 Å². The number of phosphoric acid groups is 2. The lowest BCUT2D eigenvalue weighted by Crippen LogP contribution is -2.30. The van der Waals surface area contributed by atoms with Crippen LogP contribution in [0.25, 0.3) is 0 Å². The van der Waals surface area contributed by atoms with E-state index in [2.05, 4.69) is 101 Å². The van der Waals surface area contributed by atoms with Crippen molar-refractivity contribution in [3.05, 3.63) is 85.1 Å². The summed E-state index contributed by atoms with van der Waals surface area (Å²) in [4.78, 5) is 72.9. The van der Waals surface area contributed by atoms with Gasteiger partial charge in [0.1, 0.15) is 19.3 Å². The molecular weight excluding hydrogens is 1310 g/mol. The highest BCUT2D eigenvalue weighted by molar-refractivity contribution is 7.47. The topological polar surface area (TPSA) is 237 Å². The second kappa shape index (κ2) is 73.5. The molecule has 0 amide bonds. The van der Waals surface area contributed by atoms with Crippen molar-refractivity contribution in [1.82, 2.24) is 0 Å². The summed E-state index contributed by atoms with van der Waals surface area (Å²) in [6.07, 6.45) is 75.7. The molecule has 5 atom stereocenters. The molecule has 0 saturated carbocycles. The van der Waals surface area contributed by atoms with Crippen molar-refractivity contribution < 1.29 is 80.2 Å². The monoisotopic (exact) mass is 1450 g/mol. The van der Waals surface area contributed by atoms with Crippen LogP contribution in [0.1, 0.15) is 349 Å². The molecule has 19 heteroatoms. The predicted octanol–water partition coefficient (Wildman–Crippen LogP) is 23.0. The summed E-state index contributed by atoms with van der Waals surface area (Å²) in [6, 6.07) is 0. The smallest absolute Gasteiger partial charge is 0.462 e. The van der Waals surface area contributed by atoms with Gasteiger partial charge in [-0.25, -0.2) is 9.13 Å². The molecule has 2 unspecified atom stereocenters. The SMILES string of the molecule is CCCCC/C=C\C/C=C\C/C=C\C/C=C\CCCC(=O)O[C@H](COC(=O)CCCCCCC/C=C\CCCCCCCC)COP(=O)(O)OC[C@@H](O)COP(=O)(O)OC[C@@H](COC(=O)CCCCCCCCC/C=C\CCCCCC)OC(=O)CCCCCCC/C=C\CCCCCC. The number of carbonyl (C=O) groups excluding carboxylic acids is 4. The molecular formula is C81H144O17P2. The number of carbonyl (C=O) groups is 4. The summed E-state index contributed by atoms with van der Waals surface area (Å²) in [5, 5.41) is 10.6. The molecule has 0 aromatic rings. The summed E-state index contributed by atoms with van der Waals surface area (Å²) >= 11 is 0. The molecule has 3 N–H and O–H groups in total. The van der Waals surface area contributed by atoms with Crippen LogP contribution in [0, 0.1) is 0 Å². The van der Waals surface area contributed by atoms with Gasteiger partial charge < -0.3 is 33.8 Å². The Kier molecular flexibility index (Phi) is 70.8. The molecule has 0 aliphatic heterocycles. The van der Waals surface area contributed by atoms with Crippen molar-refractivity contribution in [1.29, 1.82) is 0 Å². The number of phosphoric ester groups is 2. The van der Waals surface area contributed by atoms with Crippen LogP contribution < -0.4 is 0 Å². The summed E-state index contributed by atoms with van der Waals surface area (Å²) in [6.45, 7) is 4.77. The van der Waals surface area contributed by atoms with E-state index >= 15 is 0 Å². The summed E-state index contributed by atoms with van der Waals surface area (Å²) < 4.78 is 68.5. The van der Waals surface area contributed by atoms with Crippen LogP contribution in [0.4, 0.5) is 0 Å². The molecule has 0 aliphatic carbocycles. The van der Waals surface area contributed by atoms with Crippen molar-refractivity contribution in [2.75, 3.05) is 39.6 Å². The highest BCUT2D eigenvalue weighted by Gasteiger charge is 2.30. The van der Waals surface area contributed by atoms with Gasteiger partial charge in [0.2, 0.25) is 0 Å². The summed E-state index contributed by atoms with van der Waals surface area (Å²) in [5.41, 5.74) is 0. The van der Waals surface area contributed by atoms with Crippen molar-refractivity contribution in [3.63, 3.8) is 0 Å². The fourth-order valence-corrected chi connectivity index (χ4v) is 12.2. The average Bonchev–Trinajstić information content (AvgIpc) is 0.962. The number of esters is 4. The van der Waals surface area contributed by atoms with Gasteiger partial charge in [-0.05, 0) is 141 Å². The first-order valence-corrected chi connectivity index (χ1v) is 42.8. The molecule has 0 bridgehead atoms. The number of hydrogen-bond acceptors (Lipinski definition) is 15. The van der Waals surface area contributed by atoms with Gasteiger partial charge in [0.25, 0.3) is 0 Å². The standard InChI is InChI=1S/C81H144O17P2/c1-5-9-13-17-21-25-29-33-36-37-40-44-48-52-56-60-64-68-81(86)98-77(72-92-79(84)66-62-58-54-50-46-43-39-35-31-27-23-19-15-11-7-3)74-96-100(89,90)94-70-75(82)69-93-99(87,88)95-73-76(97-80(85)67-63-59-55-51-47-41-32-28-24-20-16-12-8-4)71-91-78(83)65-61-57-53-49-45-42-38-34-30-26-22-18-14-10-6-2/h21,25-26,28,30,32-33,35-36,39-40,44,52,56,75-77,82H,5-20,22-24,27,29,31,34,37-38,41-43,45-51,53-55,57-74H2,1-4H3,(H,87,88)(H,89,90)/b25-21-,30-26-,32-28-,36-33-,39-35-,44-40-,56-52-/t75-,76+,77+/m0/s1. The first-order valence-electron chi connectivity index (χ1n) is 39.8. The second-order valence-electron chi connectivity index (χ2n) is 26.6. The minimum Gasteiger partial charge on any atom is -0.462 e. The van der Waals surface area contributed by atoms with Gasteiger partial charge in [0.15, 0.2) is 12.2 Å². The van der Waals surface area contributed by atoms with E-state index in [1.807, 2.05) is 12.2 Å². The lowest BCUT2D eigenvalue weighted by molar-refractivity contribution is -0.161. The molecule has 0 rings (SSSR count). The van der Waals surface area contributed by atoms with Gasteiger partial charge in [0.05, 0.1) is 26.4 Å². The van der Waals surface area contributed by atoms with Crippen molar-refractivity contribution in [2.24, 2.45) is 0 Å². The van der Waals surface area contributed by atoms with E-state index in [1.54, 1.807) is 0 Å². The number of ether oxygens (including phenoxy) is 4. The zero-order valence-electron chi connectivity index (χ0n) is 63.4. The molecule has 0 heterocycles. The van der Waals surface area contributed by atoms with Crippen LogP contribution in [0.15, 0.2) is 85.1 Å². The van der Waals surface area contributed by atoms with Crippen molar-refractivity contribution in [2.45, 2.75) is 367 Å². The Balaban J connectivity index is 5.40. The fourth-order valence-electron chi connectivity index (χ4n) is 10.7. The summed E-state index contributed by atoms with van der Waals surface area (Å²) in [7, 11) is -9.97. The van der Waals surface area contributed by atoms with E-state index in [-0.39, 0.29) is 25.7 Å². The van der Waals surface area contributed by atoms with E-state index in [1.165, 1.54) is 122 Å². The van der Waals surface area contributed by atoms with E-state index in [0.29, 0.717) is 32.1 Å². The van der Waals surface area contributed by atoms with Crippen LogP contribution in [0.2, 0.25) is 0 Å². The Morgan fingerprint density at radius 2 is 0.500 bits per heavy atom.